The molecule has 1 aromatic heterocycles. The van der Waals surface area contributed by atoms with E-state index in [1.54, 1.807) is 42.6 Å². The number of nitrogens with one attached hydrogen (secondary N) is 1. The molecule has 0 unspecified atom stereocenters. The molecule has 0 radical (unpaired) electrons. The minimum Gasteiger partial charge on any atom is -0.288 e. The van der Waals surface area contributed by atoms with Gasteiger partial charge in [0.15, 0.2) is 0 Å². The summed E-state index contributed by atoms with van der Waals surface area (Å²) in [5, 5.41) is 9.34. The SMILES string of the molecule is O=C(/C=C/c1cccc(N(c2ccc3cccnc3c2)S(=O)(=O)O)c1)NO. The first-order valence-electron chi connectivity index (χ1n) is 7.73. The smallest absolute Gasteiger partial charge is 0.288 e. The number of benzene rings is 2. The summed E-state index contributed by atoms with van der Waals surface area (Å²) >= 11 is 0. The van der Waals surface area contributed by atoms with E-state index in [-0.39, 0.29) is 11.4 Å². The van der Waals surface area contributed by atoms with Gasteiger partial charge in [0.05, 0.1) is 16.9 Å². The van der Waals surface area contributed by atoms with Crippen molar-refractivity contribution in [2.75, 3.05) is 4.31 Å². The molecule has 9 heteroatoms. The first kappa shape index (κ1) is 18.5. The topological polar surface area (TPSA) is 120 Å². The summed E-state index contributed by atoms with van der Waals surface area (Å²) in [6.45, 7) is 0. The lowest BCUT2D eigenvalue weighted by molar-refractivity contribution is -0.124. The highest BCUT2D eigenvalue weighted by Gasteiger charge is 2.22. The second-order valence-corrected chi connectivity index (χ2v) is 6.79. The molecule has 1 amide bonds. The van der Waals surface area contributed by atoms with Crippen LogP contribution in [0.25, 0.3) is 17.0 Å². The highest BCUT2D eigenvalue weighted by Crippen LogP contribution is 2.31. The minimum atomic E-state index is -4.63. The molecule has 3 rings (SSSR count). The maximum Gasteiger partial charge on any atom is 0.364 e. The zero-order valence-electron chi connectivity index (χ0n) is 13.9. The number of pyridine rings is 1. The monoisotopic (exact) mass is 385 g/mol. The van der Waals surface area contributed by atoms with Crippen LogP contribution in [0.5, 0.6) is 0 Å². The van der Waals surface area contributed by atoms with Gasteiger partial charge in [-0.05, 0) is 42.0 Å². The minimum absolute atomic E-state index is 0.166. The van der Waals surface area contributed by atoms with Gasteiger partial charge in [-0.3, -0.25) is 19.5 Å². The Hall–Kier alpha value is -3.27. The predicted octanol–water partition coefficient (Wildman–Crippen LogP) is 2.69. The quantitative estimate of drug-likeness (QED) is 0.269. The lowest BCUT2D eigenvalue weighted by Crippen LogP contribution is -2.25. The third kappa shape index (κ3) is 4.29. The number of carbonyl (C=O) groups excluding carboxylic acids is 1. The van der Waals surface area contributed by atoms with Crippen LogP contribution in [0, 0.1) is 0 Å². The van der Waals surface area contributed by atoms with Crippen LogP contribution in [0.4, 0.5) is 11.4 Å². The largest absolute Gasteiger partial charge is 0.364 e. The van der Waals surface area contributed by atoms with Crippen molar-refractivity contribution >= 4 is 44.6 Å². The van der Waals surface area contributed by atoms with E-state index in [9.17, 15) is 17.8 Å². The predicted molar refractivity (Wildman–Crippen MR) is 101 cm³/mol. The van der Waals surface area contributed by atoms with Gasteiger partial charge in [0.1, 0.15) is 0 Å². The average molecular weight is 385 g/mol. The molecule has 0 aliphatic rings. The van der Waals surface area contributed by atoms with Gasteiger partial charge in [0, 0.05) is 17.7 Å². The summed E-state index contributed by atoms with van der Waals surface area (Å²) in [7, 11) is -4.63. The molecule has 3 N–H and O–H groups in total. The normalized spacial score (nSPS) is 11.6. The summed E-state index contributed by atoms with van der Waals surface area (Å²) < 4.78 is 34.6. The van der Waals surface area contributed by atoms with Crippen LogP contribution in [0.1, 0.15) is 5.56 Å². The Labute approximate surface area is 155 Å². The number of fused-ring (bicyclic) bond motifs is 1. The van der Waals surface area contributed by atoms with Crippen LogP contribution in [-0.2, 0) is 15.1 Å². The molecule has 1 heterocycles. The molecule has 0 bridgehead atoms. The van der Waals surface area contributed by atoms with Gasteiger partial charge >= 0.3 is 10.3 Å². The highest BCUT2D eigenvalue weighted by molar-refractivity contribution is 7.87. The van der Waals surface area contributed by atoms with Crippen molar-refractivity contribution in [3.8, 4) is 0 Å². The molecule has 0 fully saturated rings. The van der Waals surface area contributed by atoms with Crippen LogP contribution in [-0.4, -0.2) is 29.1 Å². The Kier molecular flexibility index (Phi) is 5.17. The van der Waals surface area contributed by atoms with Gasteiger partial charge < -0.3 is 0 Å². The van der Waals surface area contributed by atoms with Gasteiger partial charge in [-0.15, -0.1) is 0 Å². The van der Waals surface area contributed by atoms with Crippen LogP contribution in [0.15, 0.2) is 66.9 Å². The zero-order valence-corrected chi connectivity index (χ0v) is 14.7. The van der Waals surface area contributed by atoms with Crippen LogP contribution >= 0.6 is 0 Å². The molecule has 138 valence electrons. The van der Waals surface area contributed by atoms with Gasteiger partial charge in [-0.1, -0.05) is 24.3 Å². The van der Waals surface area contributed by atoms with E-state index in [0.29, 0.717) is 11.1 Å². The summed E-state index contributed by atoms with van der Waals surface area (Å²) in [6, 6.07) is 14.6. The van der Waals surface area contributed by atoms with Crippen molar-refractivity contribution in [3.63, 3.8) is 0 Å². The number of hydrogen-bond donors (Lipinski definition) is 3. The first-order valence-corrected chi connectivity index (χ1v) is 9.13. The standard InChI is InChI=1S/C18H15N3O5S/c22-18(20-23)9-6-13-3-1-5-15(11-13)21(27(24,25)26)16-8-7-14-4-2-10-19-17(14)12-16/h1-12,23H,(H,20,22)(H,24,25,26)/b9-6+. The molecule has 8 nitrogen and oxygen atoms in total. The van der Waals surface area contributed by atoms with E-state index in [2.05, 4.69) is 4.98 Å². The van der Waals surface area contributed by atoms with Crippen molar-refractivity contribution in [1.82, 2.24) is 10.5 Å². The summed E-state index contributed by atoms with van der Waals surface area (Å²) in [5.41, 5.74) is 2.89. The molecular weight excluding hydrogens is 370 g/mol. The van der Waals surface area contributed by atoms with E-state index in [1.807, 2.05) is 6.07 Å². The number of anilines is 2. The number of rotatable bonds is 5. The average Bonchev–Trinajstić information content (AvgIpc) is 2.65. The Bertz CT molecular complexity index is 1130. The Morgan fingerprint density at radius 1 is 1.07 bits per heavy atom. The van der Waals surface area contributed by atoms with Crippen LogP contribution < -0.4 is 9.79 Å². The maximum absolute atomic E-state index is 12.0. The zero-order chi connectivity index (χ0) is 19.4. The van der Waals surface area contributed by atoms with E-state index < -0.39 is 16.2 Å². The van der Waals surface area contributed by atoms with Crippen LogP contribution in [0.3, 0.4) is 0 Å². The fraction of sp³-hybridized carbons (Fsp3) is 0. The third-order valence-electron chi connectivity index (χ3n) is 3.70. The number of carbonyl (C=O) groups is 1. The van der Waals surface area contributed by atoms with Crippen molar-refractivity contribution in [3.05, 3.63) is 72.4 Å². The molecule has 2 aromatic carbocycles. The maximum atomic E-state index is 12.0. The van der Waals surface area contributed by atoms with Gasteiger partial charge in [-0.2, -0.15) is 8.42 Å². The van der Waals surface area contributed by atoms with Crippen LogP contribution in [0.2, 0.25) is 0 Å². The summed E-state index contributed by atoms with van der Waals surface area (Å²) in [4.78, 5) is 15.3. The molecule has 27 heavy (non-hydrogen) atoms. The van der Waals surface area contributed by atoms with E-state index >= 15 is 0 Å². The Balaban J connectivity index is 2.08. The fourth-order valence-corrected chi connectivity index (χ4v) is 3.32. The molecular formula is C18H15N3O5S. The number of nitrogens with zero attached hydrogens (tertiary/aromatic N) is 2. The Morgan fingerprint density at radius 2 is 1.85 bits per heavy atom. The van der Waals surface area contributed by atoms with E-state index in [4.69, 9.17) is 5.21 Å². The number of amides is 1. The number of hydrogen-bond acceptors (Lipinski definition) is 5. The Morgan fingerprint density at radius 3 is 2.59 bits per heavy atom. The van der Waals surface area contributed by atoms with E-state index in [1.165, 1.54) is 23.7 Å². The van der Waals surface area contributed by atoms with E-state index in [0.717, 1.165) is 15.8 Å². The highest BCUT2D eigenvalue weighted by atomic mass is 32.2. The molecule has 0 atom stereocenters. The number of aromatic nitrogens is 1. The summed E-state index contributed by atoms with van der Waals surface area (Å²) in [5.74, 6) is -0.729. The van der Waals surface area contributed by atoms with Crippen molar-refractivity contribution in [1.29, 1.82) is 0 Å². The second kappa shape index (κ2) is 7.54. The molecule has 0 spiro atoms. The van der Waals surface area contributed by atoms with Crippen molar-refractivity contribution < 1.29 is 23.0 Å². The molecule has 0 aliphatic carbocycles. The molecule has 0 saturated heterocycles. The number of hydroxylamine groups is 1. The third-order valence-corrected chi connectivity index (χ3v) is 4.58. The summed E-state index contributed by atoms with van der Waals surface area (Å²) in [6.07, 6.45) is 4.05. The van der Waals surface area contributed by atoms with Gasteiger partial charge in [0.2, 0.25) is 0 Å². The lowest BCUT2D eigenvalue weighted by atomic mass is 10.1. The fourth-order valence-electron chi connectivity index (χ4n) is 2.56. The molecule has 0 aliphatic heterocycles. The molecule has 0 saturated carbocycles. The first-order chi connectivity index (χ1) is 12.9. The van der Waals surface area contributed by atoms with Gasteiger partial charge in [-0.25, -0.2) is 9.79 Å². The lowest BCUT2D eigenvalue weighted by Gasteiger charge is -2.21. The van der Waals surface area contributed by atoms with Gasteiger partial charge in [0.25, 0.3) is 5.91 Å². The molecule has 3 aromatic rings. The van der Waals surface area contributed by atoms with Crippen molar-refractivity contribution in [2.45, 2.75) is 0 Å². The second-order valence-electron chi connectivity index (χ2n) is 5.53. The van der Waals surface area contributed by atoms with Crippen molar-refractivity contribution in [2.24, 2.45) is 0 Å².